The third-order valence-electron chi connectivity index (χ3n) is 2.46. The molecule has 0 spiro atoms. The summed E-state index contributed by atoms with van der Waals surface area (Å²) in [6.07, 6.45) is 0. The molecule has 0 fully saturated rings. The van der Waals surface area contributed by atoms with Crippen LogP contribution in [0.4, 0.5) is 5.69 Å². The lowest BCUT2D eigenvalue weighted by atomic mass is 10.1. The maximum atomic E-state index is 11.2. The van der Waals surface area contributed by atoms with Gasteiger partial charge in [-0.3, -0.25) is 10.1 Å². The van der Waals surface area contributed by atoms with Crippen molar-refractivity contribution in [1.82, 2.24) is 0 Å². The number of nitro benzene ring substituents is 1. The molecule has 0 aliphatic carbocycles. The molecule has 21 heavy (non-hydrogen) atoms. The fourth-order valence-corrected chi connectivity index (χ4v) is 2.16. The van der Waals surface area contributed by atoms with E-state index < -0.39 is 4.92 Å². The van der Waals surface area contributed by atoms with Crippen LogP contribution >= 0.6 is 15.9 Å². The third kappa shape index (κ3) is 4.19. The van der Waals surface area contributed by atoms with Crippen LogP contribution in [0.15, 0.2) is 6.07 Å². The summed E-state index contributed by atoms with van der Waals surface area (Å²) in [6, 6.07) is 1.23. The summed E-state index contributed by atoms with van der Waals surface area (Å²) in [5.41, 5.74) is 0.211. The lowest BCUT2D eigenvalue weighted by Crippen LogP contribution is -2.08. The van der Waals surface area contributed by atoms with Gasteiger partial charge < -0.3 is 23.7 Å². The fraction of sp³-hybridized carbons (Fsp3) is 0.500. The van der Waals surface area contributed by atoms with Gasteiger partial charge in [-0.1, -0.05) is 15.9 Å². The molecule has 0 aliphatic heterocycles. The maximum Gasteiger partial charge on any atom is 0.315 e. The van der Waals surface area contributed by atoms with Crippen molar-refractivity contribution in [3.05, 3.63) is 21.7 Å². The molecule has 0 amide bonds. The summed E-state index contributed by atoms with van der Waals surface area (Å²) < 4.78 is 25.5. The van der Waals surface area contributed by atoms with E-state index in [1.807, 2.05) is 0 Å². The normalized spacial score (nSPS) is 10.3. The molecule has 1 rings (SSSR count). The van der Waals surface area contributed by atoms with Crippen LogP contribution in [0.25, 0.3) is 0 Å². The highest BCUT2D eigenvalue weighted by molar-refractivity contribution is 9.08. The predicted octanol–water partition coefficient (Wildman–Crippen LogP) is 2.46. The first-order chi connectivity index (χ1) is 10.1. The molecule has 0 radical (unpaired) electrons. The van der Waals surface area contributed by atoms with E-state index in [1.165, 1.54) is 27.4 Å². The van der Waals surface area contributed by atoms with Gasteiger partial charge in [-0.2, -0.15) is 0 Å². The van der Waals surface area contributed by atoms with Crippen LogP contribution in [0.3, 0.4) is 0 Å². The van der Waals surface area contributed by atoms with Gasteiger partial charge in [-0.15, -0.1) is 0 Å². The Labute approximate surface area is 130 Å². The van der Waals surface area contributed by atoms with Gasteiger partial charge in [0.05, 0.1) is 23.7 Å². The lowest BCUT2D eigenvalue weighted by Gasteiger charge is -2.17. The Balaban J connectivity index is 3.42. The van der Waals surface area contributed by atoms with Crippen molar-refractivity contribution in [2.75, 3.05) is 34.9 Å². The maximum absolute atomic E-state index is 11.2. The van der Waals surface area contributed by atoms with Crippen molar-refractivity contribution >= 4 is 21.6 Å². The number of methoxy groups -OCH3 is 3. The van der Waals surface area contributed by atoms with Crippen LogP contribution in [-0.2, 0) is 14.8 Å². The minimum Gasteiger partial charge on any atom is -0.492 e. The minimum absolute atomic E-state index is 0.0620. The quantitative estimate of drug-likeness (QED) is 0.287. The van der Waals surface area contributed by atoms with Gasteiger partial charge in [0.15, 0.2) is 25.1 Å². The number of nitrogens with zero attached hydrogens (tertiary/aromatic N) is 1. The molecule has 0 unspecified atom stereocenters. The first kappa shape index (κ1) is 17.5. The first-order valence-corrected chi connectivity index (χ1v) is 6.90. The Morgan fingerprint density at radius 2 is 1.76 bits per heavy atom. The molecule has 0 saturated carbocycles. The summed E-state index contributed by atoms with van der Waals surface area (Å²) in [7, 11) is 4.31. The zero-order valence-corrected chi connectivity index (χ0v) is 13.5. The van der Waals surface area contributed by atoms with Crippen LogP contribution in [-0.4, -0.2) is 39.8 Å². The van der Waals surface area contributed by atoms with Crippen molar-refractivity contribution in [3.8, 4) is 17.2 Å². The van der Waals surface area contributed by atoms with Crippen molar-refractivity contribution in [2.45, 2.75) is 5.33 Å². The summed E-state index contributed by atoms with van der Waals surface area (Å²) >= 11 is 3.27. The molecule has 0 aromatic heterocycles. The number of halogens is 1. The monoisotopic (exact) mass is 365 g/mol. The zero-order valence-electron chi connectivity index (χ0n) is 11.9. The van der Waals surface area contributed by atoms with E-state index in [1.54, 1.807) is 0 Å². The highest BCUT2D eigenvalue weighted by atomic mass is 79.9. The zero-order chi connectivity index (χ0) is 15.8. The number of hydrogen-bond acceptors (Lipinski definition) is 7. The van der Waals surface area contributed by atoms with E-state index in [0.717, 1.165) is 0 Å². The first-order valence-electron chi connectivity index (χ1n) is 5.78. The lowest BCUT2D eigenvalue weighted by molar-refractivity contribution is -0.386. The molecular formula is C12H16BrNO7. The van der Waals surface area contributed by atoms with Crippen molar-refractivity contribution in [2.24, 2.45) is 0 Å². The average Bonchev–Trinajstić information content (AvgIpc) is 2.49. The van der Waals surface area contributed by atoms with Crippen LogP contribution < -0.4 is 14.2 Å². The van der Waals surface area contributed by atoms with Gasteiger partial charge in [0.2, 0.25) is 5.75 Å². The molecule has 0 bridgehead atoms. The average molecular weight is 366 g/mol. The molecule has 1 aromatic rings. The third-order valence-corrected chi connectivity index (χ3v) is 3.02. The summed E-state index contributed by atoms with van der Waals surface area (Å²) in [5.74, 6) is 0.603. The van der Waals surface area contributed by atoms with E-state index in [-0.39, 0.29) is 36.1 Å². The van der Waals surface area contributed by atoms with Gasteiger partial charge in [0.25, 0.3) is 0 Å². The van der Waals surface area contributed by atoms with E-state index in [0.29, 0.717) is 11.3 Å². The number of rotatable bonds is 9. The Hall–Kier alpha value is -1.58. The van der Waals surface area contributed by atoms with Gasteiger partial charge in [0.1, 0.15) is 0 Å². The predicted molar refractivity (Wildman–Crippen MR) is 77.3 cm³/mol. The van der Waals surface area contributed by atoms with Gasteiger partial charge >= 0.3 is 5.69 Å². The molecule has 0 aliphatic rings. The molecule has 9 heteroatoms. The molecule has 0 N–H and O–H groups in total. The fourth-order valence-electron chi connectivity index (χ4n) is 1.65. The van der Waals surface area contributed by atoms with Crippen LogP contribution in [0.1, 0.15) is 5.56 Å². The van der Waals surface area contributed by atoms with E-state index in [4.69, 9.17) is 23.7 Å². The second kappa shape index (κ2) is 8.65. The van der Waals surface area contributed by atoms with Crippen LogP contribution in [0.5, 0.6) is 17.2 Å². The summed E-state index contributed by atoms with van der Waals surface area (Å²) in [6.45, 7) is -0.185. The number of nitro groups is 1. The highest BCUT2D eigenvalue weighted by Gasteiger charge is 2.27. The van der Waals surface area contributed by atoms with Crippen LogP contribution in [0.2, 0.25) is 0 Å². The Bertz CT molecular complexity index is 495. The molecule has 1 aromatic carbocycles. The smallest absolute Gasteiger partial charge is 0.315 e. The number of alkyl halides is 1. The van der Waals surface area contributed by atoms with Crippen LogP contribution in [0, 0.1) is 10.1 Å². The van der Waals surface area contributed by atoms with Gasteiger partial charge in [-0.25, -0.2) is 0 Å². The van der Waals surface area contributed by atoms with Crippen molar-refractivity contribution in [3.63, 3.8) is 0 Å². The Kier molecular flexibility index (Phi) is 7.20. The molecule has 118 valence electrons. The van der Waals surface area contributed by atoms with E-state index >= 15 is 0 Å². The van der Waals surface area contributed by atoms with E-state index in [2.05, 4.69) is 15.9 Å². The molecule has 8 nitrogen and oxygen atoms in total. The number of benzene rings is 1. The SMILES string of the molecule is COCOc1cc([N+](=O)[O-])c(OCOC)c(CBr)c1OC. The number of ether oxygens (including phenoxy) is 5. The second-order valence-electron chi connectivity index (χ2n) is 3.73. The summed E-state index contributed by atoms with van der Waals surface area (Å²) in [4.78, 5) is 10.7. The largest absolute Gasteiger partial charge is 0.492 e. The van der Waals surface area contributed by atoms with Crippen molar-refractivity contribution in [1.29, 1.82) is 0 Å². The minimum atomic E-state index is -0.559. The molecule has 0 saturated heterocycles. The van der Waals surface area contributed by atoms with Gasteiger partial charge in [-0.05, 0) is 0 Å². The topological polar surface area (TPSA) is 89.3 Å². The second-order valence-corrected chi connectivity index (χ2v) is 4.29. The Morgan fingerprint density at radius 3 is 2.24 bits per heavy atom. The van der Waals surface area contributed by atoms with E-state index in [9.17, 15) is 10.1 Å². The molecular weight excluding hydrogens is 350 g/mol. The summed E-state index contributed by atoms with van der Waals surface area (Å²) in [5, 5.41) is 11.5. The van der Waals surface area contributed by atoms with Gasteiger partial charge in [0, 0.05) is 19.5 Å². The molecule has 0 atom stereocenters. The molecule has 0 heterocycles. The highest BCUT2D eigenvalue weighted by Crippen LogP contribution is 2.45. The Morgan fingerprint density at radius 1 is 1.14 bits per heavy atom. The van der Waals surface area contributed by atoms with Crippen molar-refractivity contribution < 1.29 is 28.6 Å². The standard InChI is InChI=1S/C12H16BrNO7/c1-17-6-20-10-4-9(14(15)16)11(21-7-18-2)8(5-13)12(10)19-3/h4H,5-7H2,1-3H3. The number of hydrogen-bond donors (Lipinski definition) is 0.